The highest BCUT2D eigenvalue weighted by Gasteiger charge is 2.18. The zero-order valence-electron chi connectivity index (χ0n) is 14.6. The number of ether oxygens (including phenoxy) is 1. The van der Waals surface area contributed by atoms with E-state index in [1.807, 2.05) is 12.1 Å². The van der Waals surface area contributed by atoms with E-state index in [-0.39, 0.29) is 12.1 Å². The summed E-state index contributed by atoms with van der Waals surface area (Å²) in [6.45, 7) is 1.94. The van der Waals surface area contributed by atoms with Crippen molar-refractivity contribution in [3.8, 4) is 17.0 Å². The van der Waals surface area contributed by atoms with Gasteiger partial charge in [0.2, 0.25) is 0 Å². The molecule has 0 aliphatic rings. The Kier molecular flexibility index (Phi) is 4.83. The van der Waals surface area contributed by atoms with Gasteiger partial charge < -0.3 is 14.6 Å². The topological polar surface area (TPSA) is 101 Å². The summed E-state index contributed by atoms with van der Waals surface area (Å²) in [4.78, 5) is 29.1. The van der Waals surface area contributed by atoms with Crippen LogP contribution < -0.4 is 10.3 Å². The Bertz CT molecular complexity index is 975. The van der Waals surface area contributed by atoms with Gasteiger partial charge >= 0.3 is 0 Å². The van der Waals surface area contributed by atoms with Gasteiger partial charge in [-0.2, -0.15) is 0 Å². The van der Waals surface area contributed by atoms with E-state index >= 15 is 0 Å². The molecule has 2 heterocycles. The zero-order valence-corrected chi connectivity index (χ0v) is 14.6. The molecule has 0 radical (unpaired) electrons. The minimum atomic E-state index is -0.454. The Hall–Kier alpha value is -3.42. The maximum atomic E-state index is 12.5. The molecule has 0 atom stereocenters. The standard InChI is InChI=1S/C18H18N4O4/c1-11-16(21-26-20-11)10-22(2)18(24)14-8-9-15(19-17(14)23)12-4-6-13(25-3)7-5-12/h4-9H,10H2,1-3H3,(H,19,23). The first-order chi connectivity index (χ1) is 12.5. The first-order valence-corrected chi connectivity index (χ1v) is 7.91. The van der Waals surface area contributed by atoms with Gasteiger partial charge in [0, 0.05) is 12.7 Å². The normalized spacial score (nSPS) is 10.6. The van der Waals surface area contributed by atoms with E-state index in [4.69, 9.17) is 4.74 Å². The number of aromatic nitrogens is 3. The summed E-state index contributed by atoms with van der Waals surface area (Å²) in [6.07, 6.45) is 0. The Morgan fingerprint density at radius 2 is 1.92 bits per heavy atom. The molecule has 0 unspecified atom stereocenters. The fourth-order valence-electron chi connectivity index (χ4n) is 2.48. The molecule has 8 nitrogen and oxygen atoms in total. The summed E-state index contributed by atoms with van der Waals surface area (Å²) in [6, 6.07) is 10.5. The van der Waals surface area contributed by atoms with E-state index in [2.05, 4.69) is 19.9 Å². The van der Waals surface area contributed by atoms with Gasteiger partial charge in [-0.1, -0.05) is 10.3 Å². The van der Waals surface area contributed by atoms with Gasteiger partial charge in [-0.25, -0.2) is 4.63 Å². The van der Waals surface area contributed by atoms with Crippen molar-refractivity contribution in [2.75, 3.05) is 14.2 Å². The molecule has 0 aliphatic carbocycles. The lowest BCUT2D eigenvalue weighted by atomic mass is 10.1. The molecular formula is C18H18N4O4. The number of benzene rings is 1. The van der Waals surface area contributed by atoms with Gasteiger partial charge in [-0.15, -0.1) is 0 Å². The summed E-state index contributed by atoms with van der Waals surface area (Å²) < 4.78 is 9.74. The molecular weight excluding hydrogens is 336 g/mol. The number of hydrogen-bond acceptors (Lipinski definition) is 6. The van der Waals surface area contributed by atoms with Crippen molar-refractivity contribution in [1.29, 1.82) is 0 Å². The fraction of sp³-hybridized carbons (Fsp3) is 0.222. The van der Waals surface area contributed by atoms with Crippen LogP contribution in [0.1, 0.15) is 21.7 Å². The van der Waals surface area contributed by atoms with E-state index in [1.54, 1.807) is 39.3 Å². The zero-order chi connectivity index (χ0) is 18.7. The number of aromatic amines is 1. The Labute approximate surface area is 149 Å². The third-order valence-electron chi connectivity index (χ3n) is 4.02. The van der Waals surface area contributed by atoms with Crippen molar-refractivity contribution >= 4 is 5.91 Å². The van der Waals surface area contributed by atoms with Gasteiger partial charge in [-0.05, 0) is 48.9 Å². The first kappa shape index (κ1) is 17.4. The maximum absolute atomic E-state index is 12.5. The smallest absolute Gasteiger partial charge is 0.261 e. The second-order valence-corrected chi connectivity index (χ2v) is 5.80. The molecule has 0 aliphatic heterocycles. The lowest BCUT2D eigenvalue weighted by molar-refractivity contribution is 0.0780. The average molecular weight is 354 g/mol. The summed E-state index contributed by atoms with van der Waals surface area (Å²) in [5.41, 5.74) is 2.19. The number of hydrogen-bond donors (Lipinski definition) is 1. The number of nitrogens with zero attached hydrogens (tertiary/aromatic N) is 3. The van der Waals surface area contributed by atoms with Crippen LogP contribution in [-0.4, -0.2) is 40.3 Å². The molecule has 0 bridgehead atoms. The Morgan fingerprint density at radius 3 is 2.50 bits per heavy atom. The third kappa shape index (κ3) is 3.49. The number of pyridine rings is 1. The second kappa shape index (κ2) is 7.22. The lowest BCUT2D eigenvalue weighted by Crippen LogP contribution is -2.31. The van der Waals surface area contributed by atoms with E-state index in [1.165, 1.54) is 11.0 Å². The number of methoxy groups -OCH3 is 1. The van der Waals surface area contributed by atoms with Crippen LogP contribution in [0.25, 0.3) is 11.3 Å². The molecule has 0 spiro atoms. The molecule has 2 aromatic heterocycles. The van der Waals surface area contributed by atoms with Crippen LogP contribution in [0, 0.1) is 6.92 Å². The molecule has 3 rings (SSSR count). The lowest BCUT2D eigenvalue weighted by Gasteiger charge is -2.15. The van der Waals surface area contributed by atoms with Crippen LogP contribution in [0.5, 0.6) is 5.75 Å². The number of H-pyrrole nitrogens is 1. The van der Waals surface area contributed by atoms with Crippen molar-refractivity contribution in [3.63, 3.8) is 0 Å². The van der Waals surface area contributed by atoms with Gasteiger partial charge in [0.05, 0.1) is 13.7 Å². The molecule has 0 fully saturated rings. The number of amides is 1. The average Bonchev–Trinajstić information content (AvgIpc) is 3.05. The number of rotatable bonds is 5. The predicted molar refractivity (Wildman–Crippen MR) is 93.9 cm³/mol. The largest absolute Gasteiger partial charge is 0.497 e. The van der Waals surface area contributed by atoms with Gasteiger partial charge in [-0.3, -0.25) is 9.59 Å². The number of nitrogens with one attached hydrogen (secondary N) is 1. The highest BCUT2D eigenvalue weighted by Crippen LogP contribution is 2.20. The summed E-state index contributed by atoms with van der Waals surface area (Å²) >= 11 is 0. The highest BCUT2D eigenvalue weighted by atomic mass is 16.6. The summed E-state index contributed by atoms with van der Waals surface area (Å²) in [5.74, 6) is 0.317. The van der Waals surface area contributed by atoms with Crippen molar-refractivity contribution in [2.45, 2.75) is 13.5 Å². The Morgan fingerprint density at radius 1 is 1.19 bits per heavy atom. The monoisotopic (exact) mass is 354 g/mol. The third-order valence-corrected chi connectivity index (χ3v) is 4.02. The van der Waals surface area contributed by atoms with Crippen molar-refractivity contribution < 1.29 is 14.2 Å². The molecule has 134 valence electrons. The van der Waals surface area contributed by atoms with Crippen LogP contribution in [-0.2, 0) is 6.54 Å². The van der Waals surface area contributed by atoms with Crippen molar-refractivity contribution in [2.24, 2.45) is 0 Å². The minimum absolute atomic E-state index is 0.0545. The summed E-state index contributed by atoms with van der Waals surface area (Å²) in [7, 11) is 3.18. The van der Waals surface area contributed by atoms with Gasteiger partial charge in [0.15, 0.2) is 0 Å². The van der Waals surface area contributed by atoms with Crippen LogP contribution in [0.15, 0.2) is 45.8 Å². The molecule has 26 heavy (non-hydrogen) atoms. The van der Waals surface area contributed by atoms with E-state index in [0.29, 0.717) is 17.1 Å². The second-order valence-electron chi connectivity index (χ2n) is 5.80. The maximum Gasteiger partial charge on any atom is 0.261 e. The van der Waals surface area contributed by atoms with Crippen LogP contribution in [0.3, 0.4) is 0 Å². The van der Waals surface area contributed by atoms with Crippen LogP contribution >= 0.6 is 0 Å². The SMILES string of the molecule is COc1ccc(-c2ccc(C(=O)N(C)Cc3nonc3C)c(=O)[nH]2)cc1. The molecule has 1 N–H and O–H groups in total. The summed E-state index contributed by atoms with van der Waals surface area (Å²) in [5, 5.41) is 7.42. The van der Waals surface area contributed by atoms with Crippen molar-refractivity contribution in [1.82, 2.24) is 20.2 Å². The van der Waals surface area contributed by atoms with E-state index < -0.39 is 11.5 Å². The van der Waals surface area contributed by atoms with E-state index in [0.717, 1.165) is 11.3 Å². The molecule has 8 heteroatoms. The molecule has 1 aromatic carbocycles. The van der Waals surface area contributed by atoms with Gasteiger partial charge in [0.1, 0.15) is 22.7 Å². The minimum Gasteiger partial charge on any atom is -0.497 e. The molecule has 0 saturated carbocycles. The molecule has 0 saturated heterocycles. The predicted octanol–water partition coefficient (Wildman–Crippen LogP) is 2.01. The fourth-order valence-corrected chi connectivity index (χ4v) is 2.48. The van der Waals surface area contributed by atoms with E-state index in [9.17, 15) is 9.59 Å². The quantitative estimate of drug-likeness (QED) is 0.752. The highest BCUT2D eigenvalue weighted by molar-refractivity contribution is 5.93. The number of carbonyl (C=O) groups is 1. The Balaban J connectivity index is 1.81. The van der Waals surface area contributed by atoms with Crippen LogP contribution in [0.4, 0.5) is 0 Å². The van der Waals surface area contributed by atoms with Gasteiger partial charge in [0.25, 0.3) is 11.5 Å². The molecule has 3 aromatic rings. The van der Waals surface area contributed by atoms with Crippen molar-refractivity contribution in [3.05, 3.63) is 63.7 Å². The number of aryl methyl sites for hydroxylation is 1. The molecule has 1 amide bonds. The first-order valence-electron chi connectivity index (χ1n) is 7.91. The number of carbonyl (C=O) groups excluding carboxylic acids is 1. The van der Waals surface area contributed by atoms with Crippen LogP contribution in [0.2, 0.25) is 0 Å².